The monoisotopic (exact) mass is 489 g/mol. The minimum Gasteiger partial charge on any atom is -0.450 e. The van der Waals surface area contributed by atoms with E-state index in [4.69, 9.17) is 4.74 Å². The van der Waals surface area contributed by atoms with Crippen molar-refractivity contribution >= 4 is 17.6 Å². The first-order chi connectivity index (χ1) is 16.6. The van der Waals surface area contributed by atoms with E-state index in [0.717, 1.165) is 17.8 Å². The molecule has 0 bridgehead atoms. The molecule has 4 rings (SSSR count). The van der Waals surface area contributed by atoms with Crippen molar-refractivity contribution in [1.29, 1.82) is 0 Å². The SMILES string of the molecule is CCOC(=O)N1CCN(C(=O)c2cnn3c(C(F)(F)F)cc(-c4ccc(C(C)C)cc4)nc23)CC1. The molecule has 3 aromatic rings. The number of ether oxygens (including phenoxy) is 1. The smallest absolute Gasteiger partial charge is 0.433 e. The summed E-state index contributed by atoms with van der Waals surface area (Å²) < 4.78 is 47.3. The van der Waals surface area contributed by atoms with Gasteiger partial charge in [0.2, 0.25) is 0 Å². The van der Waals surface area contributed by atoms with Gasteiger partial charge in [0.15, 0.2) is 11.3 Å². The molecule has 0 N–H and O–H groups in total. The molecule has 2 aromatic heterocycles. The molecule has 3 heterocycles. The summed E-state index contributed by atoms with van der Waals surface area (Å²) in [7, 11) is 0. The molecule has 0 radical (unpaired) electrons. The zero-order valence-corrected chi connectivity index (χ0v) is 19.7. The third-order valence-corrected chi connectivity index (χ3v) is 5.96. The van der Waals surface area contributed by atoms with Gasteiger partial charge in [-0.1, -0.05) is 38.1 Å². The highest BCUT2D eigenvalue weighted by molar-refractivity contribution is 6.00. The summed E-state index contributed by atoms with van der Waals surface area (Å²) in [6.07, 6.45) is -4.05. The second kappa shape index (κ2) is 9.55. The molecule has 186 valence electrons. The molecule has 1 fully saturated rings. The Bertz CT molecular complexity index is 1230. The Morgan fingerprint density at radius 2 is 1.69 bits per heavy atom. The fourth-order valence-corrected chi connectivity index (χ4v) is 3.98. The van der Waals surface area contributed by atoms with E-state index in [1.54, 1.807) is 19.1 Å². The van der Waals surface area contributed by atoms with Crippen LogP contribution < -0.4 is 0 Å². The highest BCUT2D eigenvalue weighted by Crippen LogP contribution is 2.33. The van der Waals surface area contributed by atoms with Gasteiger partial charge in [0.05, 0.1) is 18.5 Å². The van der Waals surface area contributed by atoms with E-state index in [2.05, 4.69) is 10.1 Å². The van der Waals surface area contributed by atoms with Crippen LogP contribution in [0.5, 0.6) is 0 Å². The van der Waals surface area contributed by atoms with Gasteiger partial charge in [-0.15, -0.1) is 0 Å². The van der Waals surface area contributed by atoms with Crippen molar-refractivity contribution in [2.75, 3.05) is 32.8 Å². The molecule has 0 saturated carbocycles. The van der Waals surface area contributed by atoms with Crippen molar-refractivity contribution in [3.05, 3.63) is 53.3 Å². The lowest BCUT2D eigenvalue weighted by Crippen LogP contribution is -2.50. The maximum atomic E-state index is 13.9. The van der Waals surface area contributed by atoms with Gasteiger partial charge in [0, 0.05) is 31.7 Å². The Morgan fingerprint density at radius 3 is 2.26 bits per heavy atom. The molecule has 1 saturated heterocycles. The molecular formula is C24H26F3N5O3. The van der Waals surface area contributed by atoms with Gasteiger partial charge in [-0.25, -0.2) is 14.3 Å². The van der Waals surface area contributed by atoms with Crippen molar-refractivity contribution in [3.63, 3.8) is 0 Å². The fourth-order valence-electron chi connectivity index (χ4n) is 3.98. The number of nitrogens with zero attached hydrogens (tertiary/aromatic N) is 5. The van der Waals surface area contributed by atoms with Gasteiger partial charge < -0.3 is 14.5 Å². The zero-order chi connectivity index (χ0) is 25.3. The number of hydrogen-bond donors (Lipinski definition) is 0. The van der Waals surface area contributed by atoms with E-state index >= 15 is 0 Å². The van der Waals surface area contributed by atoms with Crippen molar-refractivity contribution in [2.24, 2.45) is 0 Å². The van der Waals surface area contributed by atoms with Crippen LogP contribution in [-0.2, 0) is 10.9 Å². The zero-order valence-electron chi connectivity index (χ0n) is 19.7. The number of rotatable bonds is 4. The standard InChI is InChI=1S/C24H26F3N5O3/c1-4-35-23(34)31-11-9-30(10-12-31)22(33)18-14-28-32-20(24(25,26)27)13-19(29-21(18)32)17-7-5-16(6-8-17)15(2)3/h5-8,13-15H,4,9-12H2,1-3H3. The van der Waals surface area contributed by atoms with Crippen molar-refractivity contribution < 1.29 is 27.5 Å². The Hall–Kier alpha value is -3.63. The second-order valence-electron chi connectivity index (χ2n) is 8.57. The van der Waals surface area contributed by atoms with Crippen LogP contribution >= 0.6 is 0 Å². The average Bonchev–Trinajstić information content (AvgIpc) is 3.26. The molecule has 0 aliphatic carbocycles. The first kappa shape index (κ1) is 24.5. The van der Waals surface area contributed by atoms with E-state index in [0.29, 0.717) is 10.1 Å². The normalized spacial score (nSPS) is 14.6. The van der Waals surface area contributed by atoms with Gasteiger partial charge in [0.25, 0.3) is 5.91 Å². The van der Waals surface area contributed by atoms with Crippen LogP contribution in [-0.4, -0.2) is 69.2 Å². The van der Waals surface area contributed by atoms with Crippen LogP contribution in [0.3, 0.4) is 0 Å². The summed E-state index contributed by atoms with van der Waals surface area (Å²) in [5.41, 5.74) is 0.442. The number of carbonyl (C=O) groups excluding carboxylic acids is 2. The first-order valence-electron chi connectivity index (χ1n) is 11.4. The number of benzene rings is 1. The topological polar surface area (TPSA) is 80.0 Å². The van der Waals surface area contributed by atoms with Crippen molar-refractivity contribution in [3.8, 4) is 11.3 Å². The molecule has 1 aliphatic rings. The molecular weight excluding hydrogens is 463 g/mol. The Kier molecular flexibility index (Phi) is 6.68. The third kappa shape index (κ3) is 4.94. The van der Waals surface area contributed by atoms with Gasteiger partial charge in [-0.2, -0.15) is 18.3 Å². The number of hydrogen-bond acceptors (Lipinski definition) is 5. The number of piperazine rings is 1. The van der Waals surface area contributed by atoms with E-state index in [9.17, 15) is 22.8 Å². The quantitative estimate of drug-likeness (QED) is 0.541. The molecule has 11 heteroatoms. The van der Waals surface area contributed by atoms with Crippen LogP contribution in [0.1, 0.15) is 48.3 Å². The molecule has 8 nitrogen and oxygen atoms in total. The van der Waals surface area contributed by atoms with Crippen molar-refractivity contribution in [2.45, 2.75) is 32.9 Å². The predicted octanol–water partition coefficient (Wildman–Crippen LogP) is 4.45. The largest absolute Gasteiger partial charge is 0.450 e. The second-order valence-corrected chi connectivity index (χ2v) is 8.57. The number of fused-ring (bicyclic) bond motifs is 1. The fraction of sp³-hybridized carbons (Fsp3) is 0.417. The van der Waals surface area contributed by atoms with E-state index in [1.807, 2.05) is 26.0 Å². The van der Waals surface area contributed by atoms with E-state index < -0.39 is 23.9 Å². The van der Waals surface area contributed by atoms with E-state index in [-0.39, 0.29) is 55.6 Å². The highest BCUT2D eigenvalue weighted by Gasteiger charge is 2.36. The Balaban J connectivity index is 1.69. The molecule has 2 amide bonds. The molecule has 0 unspecified atom stereocenters. The van der Waals surface area contributed by atoms with Gasteiger partial charge in [-0.3, -0.25) is 4.79 Å². The molecule has 0 spiro atoms. The van der Waals surface area contributed by atoms with Crippen molar-refractivity contribution in [1.82, 2.24) is 24.4 Å². The van der Waals surface area contributed by atoms with Crippen LogP contribution in [0, 0.1) is 0 Å². The van der Waals surface area contributed by atoms with Gasteiger partial charge in [0.1, 0.15) is 5.56 Å². The maximum Gasteiger partial charge on any atom is 0.433 e. The molecule has 35 heavy (non-hydrogen) atoms. The lowest BCUT2D eigenvalue weighted by atomic mass is 10.0. The minimum absolute atomic E-state index is 0.0271. The summed E-state index contributed by atoms with van der Waals surface area (Å²) in [5.74, 6) is -0.218. The Morgan fingerprint density at radius 1 is 1.06 bits per heavy atom. The van der Waals surface area contributed by atoms with Gasteiger partial charge in [-0.05, 0) is 24.5 Å². The maximum absolute atomic E-state index is 13.9. The van der Waals surface area contributed by atoms with E-state index in [1.165, 1.54) is 9.80 Å². The number of aromatic nitrogens is 3. The van der Waals surface area contributed by atoms with Gasteiger partial charge >= 0.3 is 12.3 Å². The third-order valence-electron chi connectivity index (χ3n) is 5.96. The van der Waals surface area contributed by atoms with Crippen LogP contribution in [0.15, 0.2) is 36.5 Å². The molecule has 1 aromatic carbocycles. The Labute approximate surface area is 200 Å². The summed E-state index contributed by atoms with van der Waals surface area (Å²) in [6.45, 7) is 6.97. The van der Waals surface area contributed by atoms with Crippen LogP contribution in [0.2, 0.25) is 0 Å². The van der Waals surface area contributed by atoms with Crippen LogP contribution in [0.4, 0.5) is 18.0 Å². The highest BCUT2D eigenvalue weighted by atomic mass is 19.4. The molecule has 1 aliphatic heterocycles. The summed E-state index contributed by atoms with van der Waals surface area (Å²) in [5, 5.41) is 3.84. The number of carbonyl (C=O) groups is 2. The first-order valence-corrected chi connectivity index (χ1v) is 11.4. The summed E-state index contributed by atoms with van der Waals surface area (Å²) in [6, 6.07) is 8.09. The number of amides is 2. The lowest BCUT2D eigenvalue weighted by Gasteiger charge is -2.33. The molecule has 0 atom stereocenters. The summed E-state index contributed by atoms with van der Waals surface area (Å²) in [4.78, 5) is 32.5. The predicted molar refractivity (Wildman–Crippen MR) is 122 cm³/mol. The van der Waals surface area contributed by atoms with Crippen LogP contribution in [0.25, 0.3) is 16.9 Å². The number of alkyl halides is 3. The average molecular weight is 489 g/mol. The number of halogens is 3. The minimum atomic E-state index is -4.70. The summed E-state index contributed by atoms with van der Waals surface area (Å²) >= 11 is 0. The lowest BCUT2D eigenvalue weighted by molar-refractivity contribution is -0.142.